The third kappa shape index (κ3) is 5.42. The quantitative estimate of drug-likeness (QED) is 0.390. The number of rotatable bonds is 7. The largest absolute Gasteiger partial charge is 0.321 e. The van der Waals surface area contributed by atoms with Gasteiger partial charge in [0, 0.05) is 55.1 Å². The molecule has 4 aromatic rings. The van der Waals surface area contributed by atoms with E-state index >= 15 is 0 Å². The van der Waals surface area contributed by atoms with Crippen molar-refractivity contribution in [3.05, 3.63) is 77.7 Å². The van der Waals surface area contributed by atoms with Crippen LogP contribution < -0.4 is 5.32 Å². The second-order valence-electron chi connectivity index (χ2n) is 9.62. The fraction of sp³-hybridized carbons (Fsp3) is 0.296. The number of aromatic amines is 1. The smallest absolute Gasteiger partial charge is 0.276 e. The van der Waals surface area contributed by atoms with Crippen molar-refractivity contribution < 1.29 is 13.6 Å². The maximum atomic E-state index is 13.6. The standard InChI is InChI=1S/C27H28F2N6O/c1-34(2)15-18-4-3-5-22(11-18)31-26(36)25-23-12-20(6-7-24(23)32-33-25)21-10-19(13-30-14-21)16-35-9-8-27(28,29)17-35/h3-7,10-14H,8-9,15-17H2,1-2H3,(H,31,36)(H,32,33). The van der Waals surface area contributed by atoms with E-state index < -0.39 is 5.92 Å². The summed E-state index contributed by atoms with van der Waals surface area (Å²) < 4.78 is 27.1. The highest BCUT2D eigenvalue weighted by atomic mass is 19.3. The van der Waals surface area contributed by atoms with Crippen molar-refractivity contribution in [2.45, 2.75) is 25.4 Å². The number of hydrogen-bond acceptors (Lipinski definition) is 5. The number of alkyl halides is 2. The van der Waals surface area contributed by atoms with Crippen LogP contribution in [-0.2, 0) is 13.1 Å². The molecule has 2 aromatic heterocycles. The molecular formula is C27H28F2N6O. The average molecular weight is 491 g/mol. The molecule has 5 rings (SSSR count). The van der Waals surface area contributed by atoms with E-state index in [0.717, 1.165) is 34.3 Å². The van der Waals surface area contributed by atoms with E-state index in [1.807, 2.05) is 62.6 Å². The highest BCUT2D eigenvalue weighted by molar-refractivity contribution is 6.11. The minimum absolute atomic E-state index is 0.109. The number of carbonyl (C=O) groups excluding carboxylic acids is 1. The Morgan fingerprint density at radius 2 is 1.97 bits per heavy atom. The Morgan fingerprint density at radius 3 is 2.75 bits per heavy atom. The van der Waals surface area contributed by atoms with Crippen LogP contribution in [0.25, 0.3) is 22.0 Å². The molecule has 1 aliphatic rings. The molecule has 1 aliphatic heterocycles. The fourth-order valence-electron chi connectivity index (χ4n) is 4.60. The van der Waals surface area contributed by atoms with Crippen molar-refractivity contribution in [1.82, 2.24) is 25.0 Å². The Labute approximate surface area is 208 Å². The van der Waals surface area contributed by atoms with Crippen LogP contribution in [0.5, 0.6) is 0 Å². The van der Waals surface area contributed by atoms with Crippen molar-refractivity contribution in [1.29, 1.82) is 0 Å². The van der Waals surface area contributed by atoms with Gasteiger partial charge < -0.3 is 10.2 Å². The number of H-pyrrole nitrogens is 1. The van der Waals surface area contributed by atoms with Crippen molar-refractivity contribution >= 4 is 22.5 Å². The molecule has 0 saturated carbocycles. The van der Waals surface area contributed by atoms with Crippen LogP contribution in [0.3, 0.4) is 0 Å². The van der Waals surface area contributed by atoms with Gasteiger partial charge in [-0.1, -0.05) is 18.2 Å². The number of nitrogens with one attached hydrogen (secondary N) is 2. The molecule has 7 nitrogen and oxygen atoms in total. The Morgan fingerprint density at radius 1 is 1.11 bits per heavy atom. The topological polar surface area (TPSA) is 77.1 Å². The summed E-state index contributed by atoms with van der Waals surface area (Å²) in [5.74, 6) is -2.93. The van der Waals surface area contributed by atoms with Crippen LogP contribution in [-0.4, -0.2) is 64.0 Å². The van der Waals surface area contributed by atoms with E-state index in [2.05, 4.69) is 25.4 Å². The molecule has 9 heteroatoms. The van der Waals surface area contributed by atoms with Gasteiger partial charge in [-0.15, -0.1) is 0 Å². The minimum Gasteiger partial charge on any atom is -0.321 e. The number of anilines is 1. The van der Waals surface area contributed by atoms with Gasteiger partial charge in [-0.2, -0.15) is 5.10 Å². The van der Waals surface area contributed by atoms with E-state index in [0.29, 0.717) is 29.9 Å². The molecule has 2 N–H and O–H groups in total. The first-order chi connectivity index (χ1) is 17.3. The predicted molar refractivity (Wildman–Crippen MR) is 136 cm³/mol. The molecule has 36 heavy (non-hydrogen) atoms. The molecule has 3 heterocycles. The summed E-state index contributed by atoms with van der Waals surface area (Å²) in [6.07, 6.45) is 3.33. The highest BCUT2D eigenvalue weighted by Gasteiger charge is 2.37. The first-order valence-corrected chi connectivity index (χ1v) is 11.8. The first kappa shape index (κ1) is 24.0. The van der Waals surface area contributed by atoms with Crippen LogP contribution in [0.15, 0.2) is 60.9 Å². The number of amides is 1. The Hall–Kier alpha value is -3.69. The van der Waals surface area contributed by atoms with E-state index in [1.54, 1.807) is 17.3 Å². The zero-order valence-electron chi connectivity index (χ0n) is 20.3. The lowest BCUT2D eigenvalue weighted by Crippen LogP contribution is -2.24. The zero-order chi connectivity index (χ0) is 25.3. The van der Waals surface area contributed by atoms with Gasteiger partial charge in [0.05, 0.1) is 12.1 Å². The maximum absolute atomic E-state index is 13.6. The van der Waals surface area contributed by atoms with Gasteiger partial charge in [0.25, 0.3) is 11.8 Å². The van der Waals surface area contributed by atoms with Crippen LogP contribution in [0, 0.1) is 0 Å². The summed E-state index contributed by atoms with van der Waals surface area (Å²) in [6.45, 7) is 1.33. The maximum Gasteiger partial charge on any atom is 0.276 e. The van der Waals surface area contributed by atoms with Crippen molar-refractivity contribution in [3.8, 4) is 11.1 Å². The summed E-state index contributed by atoms with van der Waals surface area (Å²) in [7, 11) is 3.99. The normalized spacial score (nSPS) is 15.6. The molecule has 0 spiro atoms. The first-order valence-electron chi connectivity index (χ1n) is 11.8. The van der Waals surface area contributed by atoms with Crippen molar-refractivity contribution in [2.75, 3.05) is 32.5 Å². The monoisotopic (exact) mass is 490 g/mol. The number of hydrogen-bond donors (Lipinski definition) is 2. The molecule has 1 amide bonds. The molecule has 1 fully saturated rings. The van der Waals surface area contributed by atoms with Gasteiger partial charge in [0.2, 0.25) is 0 Å². The number of pyridine rings is 1. The van der Waals surface area contributed by atoms with E-state index in [-0.39, 0.29) is 18.9 Å². The van der Waals surface area contributed by atoms with E-state index in [1.165, 1.54) is 0 Å². The Balaban J connectivity index is 1.37. The highest BCUT2D eigenvalue weighted by Crippen LogP contribution is 2.29. The van der Waals surface area contributed by atoms with Crippen molar-refractivity contribution in [2.24, 2.45) is 0 Å². The van der Waals surface area contributed by atoms with Crippen LogP contribution >= 0.6 is 0 Å². The molecule has 2 aromatic carbocycles. The number of likely N-dealkylation sites (tertiary alicyclic amines) is 1. The number of halogens is 2. The minimum atomic E-state index is -2.62. The molecular weight excluding hydrogens is 462 g/mol. The summed E-state index contributed by atoms with van der Waals surface area (Å²) in [4.78, 5) is 21.2. The summed E-state index contributed by atoms with van der Waals surface area (Å²) in [5, 5.41) is 10.8. The summed E-state index contributed by atoms with van der Waals surface area (Å²) in [5.41, 5.74) is 5.43. The molecule has 0 unspecified atom stereocenters. The predicted octanol–water partition coefficient (Wildman–Crippen LogP) is 4.78. The third-order valence-electron chi connectivity index (χ3n) is 6.24. The number of benzene rings is 2. The lowest BCUT2D eigenvalue weighted by Gasteiger charge is -2.15. The lowest BCUT2D eigenvalue weighted by atomic mass is 10.0. The third-order valence-corrected chi connectivity index (χ3v) is 6.24. The van der Waals surface area contributed by atoms with Crippen LogP contribution in [0.4, 0.5) is 14.5 Å². The van der Waals surface area contributed by atoms with Crippen LogP contribution in [0.1, 0.15) is 28.0 Å². The second-order valence-corrected chi connectivity index (χ2v) is 9.62. The Bertz CT molecular complexity index is 1400. The zero-order valence-corrected chi connectivity index (χ0v) is 20.3. The van der Waals surface area contributed by atoms with Gasteiger partial charge >= 0.3 is 0 Å². The number of aromatic nitrogens is 3. The summed E-state index contributed by atoms with van der Waals surface area (Å²) >= 11 is 0. The van der Waals surface area contributed by atoms with Crippen molar-refractivity contribution in [3.63, 3.8) is 0 Å². The number of carbonyl (C=O) groups is 1. The van der Waals surface area contributed by atoms with Gasteiger partial charge in [0.15, 0.2) is 5.69 Å². The van der Waals surface area contributed by atoms with Gasteiger partial charge in [-0.3, -0.25) is 19.8 Å². The molecule has 186 valence electrons. The molecule has 0 aliphatic carbocycles. The molecule has 0 bridgehead atoms. The van der Waals surface area contributed by atoms with E-state index in [9.17, 15) is 13.6 Å². The lowest BCUT2D eigenvalue weighted by molar-refractivity contribution is 0.0115. The number of fused-ring (bicyclic) bond motifs is 1. The number of nitrogens with zero attached hydrogens (tertiary/aromatic N) is 4. The van der Waals surface area contributed by atoms with Gasteiger partial charge in [-0.05, 0) is 61.1 Å². The molecule has 0 radical (unpaired) electrons. The fourth-order valence-corrected chi connectivity index (χ4v) is 4.60. The van der Waals surface area contributed by atoms with Gasteiger partial charge in [0.1, 0.15) is 0 Å². The average Bonchev–Trinajstić information content (AvgIpc) is 3.41. The molecule has 1 saturated heterocycles. The second kappa shape index (κ2) is 9.75. The SMILES string of the molecule is CN(C)Cc1cccc(NC(=O)c2n[nH]c3ccc(-c4cncc(CN5CCC(F)(F)C5)c4)cc23)c1. The summed E-state index contributed by atoms with van der Waals surface area (Å²) in [6, 6.07) is 15.4. The molecule has 0 atom stereocenters. The van der Waals surface area contributed by atoms with E-state index in [4.69, 9.17) is 0 Å². The van der Waals surface area contributed by atoms with Crippen LogP contribution in [0.2, 0.25) is 0 Å². The van der Waals surface area contributed by atoms with Gasteiger partial charge in [-0.25, -0.2) is 8.78 Å². The Kier molecular flexibility index (Phi) is 6.51.